The van der Waals surface area contributed by atoms with Gasteiger partial charge in [0, 0.05) is 11.8 Å². The van der Waals surface area contributed by atoms with E-state index >= 15 is 0 Å². The highest BCUT2D eigenvalue weighted by Gasteiger charge is 2.30. The topological polar surface area (TPSA) is 54.9 Å². The van der Waals surface area contributed by atoms with Crippen molar-refractivity contribution in [2.45, 2.75) is 45.4 Å². The molecule has 1 aliphatic rings. The van der Waals surface area contributed by atoms with E-state index in [2.05, 4.69) is 29.4 Å². The van der Waals surface area contributed by atoms with Crippen molar-refractivity contribution in [1.29, 1.82) is 0 Å². The third kappa shape index (κ3) is 2.58. The van der Waals surface area contributed by atoms with Crippen LogP contribution in [0.5, 0.6) is 0 Å². The molecule has 0 unspecified atom stereocenters. The number of anilines is 1. The number of nitrogens with one attached hydrogen (secondary N) is 1. The summed E-state index contributed by atoms with van der Waals surface area (Å²) >= 11 is 1.51. The summed E-state index contributed by atoms with van der Waals surface area (Å²) in [4.78, 5) is 11.5. The molecule has 1 heterocycles. The lowest BCUT2D eigenvalue weighted by molar-refractivity contribution is -0.117. The van der Waals surface area contributed by atoms with Crippen LogP contribution < -0.4 is 5.32 Å². The summed E-state index contributed by atoms with van der Waals surface area (Å²) in [5.41, 5.74) is 0. The Morgan fingerprint density at radius 1 is 1.44 bits per heavy atom. The summed E-state index contributed by atoms with van der Waals surface area (Å²) in [6, 6.07) is 0. The highest BCUT2D eigenvalue weighted by atomic mass is 32.1. The zero-order valence-corrected chi connectivity index (χ0v) is 10.5. The Kier molecular flexibility index (Phi) is 3.53. The van der Waals surface area contributed by atoms with Gasteiger partial charge in [0.2, 0.25) is 11.0 Å². The Bertz CT molecular complexity index is 369. The van der Waals surface area contributed by atoms with Gasteiger partial charge in [0.05, 0.1) is 0 Å². The smallest absolute Gasteiger partial charge is 0.229 e. The highest BCUT2D eigenvalue weighted by molar-refractivity contribution is 7.15. The number of rotatable bonds is 5. The van der Waals surface area contributed by atoms with Crippen LogP contribution in [0.2, 0.25) is 0 Å². The van der Waals surface area contributed by atoms with Crippen LogP contribution in [-0.2, 0) is 4.79 Å². The summed E-state index contributed by atoms with van der Waals surface area (Å²) in [7, 11) is 0. The van der Waals surface area contributed by atoms with Gasteiger partial charge in [0.1, 0.15) is 5.01 Å². The highest BCUT2D eigenvalue weighted by Crippen LogP contribution is 2.32. The van der Waals surface area contributed by atoms with E-state index in [1.54, 1.807) is 0 Å². The molecule has 5 heteroatoms. The summed E-state index contributed by atoms with van der Waals surface area (Å²) < 4.78 is 0. The van der Waals surface area contributed by atoms with E-state index < -0.39 is 0 Å². The van der Waals surface area contributed by atoms with E-state index in [4.69, 9.17) is 0 Å². The molecule has 0 spiro atoms. The quantitative estimate of drug-likeness (QED) is 0.859. The van der Waals surface area contributed by atoms with Crippen molar-refractivity contribution in [3.05, 3.63) is 5.01 Å². The molecule has 1 aromatic rings. The molecule has 4 nitrogen and oxygen atoms in total. The minimum absolute atomic E-state index is 0.104. The van der Waals surface area contributed by atoms with Gasteiger partial charge in [0.15, 0.2) is 0 Å². The van der Waals surface area contributed by atoms with Crippen LogP contribution in [0.3, 0.4) is 0 Å². The molecule has 0 aliphatic heterocycles. The van der Waals surface area contributed by atoms with E-state index in [9.17, 15) is 4.79 Å². The van der Waals surface area contributed by atoms with Crippen LogP contribution in [0.4, 0.5) is 5.13 Å². The van der Waals surface area contributed by atoms with Crippen molar-refractivity contribution >= 4 is 22.4 Å². The number of amides is 1. The fourth-order valence-electron chi connectivity index (χ4n) is 1.64. The second-order valence-corrected chi connectivity index (χ2v) is 5.23. The van der Waals surface area contributed by atoms with Crippen molar-refractivity contribution in [3.8, 4) is 0 Å². The average Bonchev–Trinajstić information content (AvgIpc) is 3.04. The fraction of sp³-hybridized carbons (Fsp3) is 0.727. The van der Waals surface area contributed by atoms with Gasteiger partial charge >= 0.3 is 0 Å². The molecular formula is C11H17N3OS. The molecule has 0 atom stereocenters. The van der Waals surface area contributed by atoms with Gasteiger partial charge in [-0.2, -0.15) is 0 Å². The summed E-state index contributed by atoms with van der Waals surface area (Å²) in [5, 5.41) is 12.7. The maximum Gasteiger partial charge on any atom is 0.229 e. The van der Waals surface area contributed by atoms with E-state index in [1.165, 1.54) is 11.3 Å². The van der Waals surface area contributed by atoms with Crippen molar-refractivity contribution in [2.24, 2.45) is 5.92 Å². The van der Waals surface area contributed by atoms with Crippen molar-refractivity contribution in [3.63, 3.8) is 0 Å². The van der Waals surface area contributed by atoms with Crippen molar-refractivity contribution in [2.75, 3.05) is 5.32 Å². The third-order valence-corrected chi connectivity index (χ3v) is 3.95. The molecule has 1 fully saturated rings. The van der Waals surface area contributed by atoms with E-state index in [1.807, 2.05) is 0 Å². The fourth-order valence-corrected chi connectivity index (χ4v) is 2.65. The number of nitrogens with zero attached hydrogens (tertiary/aromatic N) is 2. The Labute approximate surface area is 99.5 Å². The first-order valence-electron chi connectivity index (χ1n) is 5.88. The first-order chi connectivity index (χ1) is 7.74. The maximum absolute atomic E-state index is 11.5. The number of hydrogen-bond acceptors (Lipinski definition) is 4. The van der Waals surface area contributed by atoms with Crippen LogP contribution in [-0.4, -0.2) is 16.1 Å². The van der Waals surface area contributed by atoms with Crippen LogP contribution in [0, 0.1) is 5.92 Å². The average molecular weight is 239 g/mol. The normalized spacial score (nSPS) is 15.4. The molecule has 2 rings (SSSR count). The molecule has 88 valence electrons. The molecule has 1 aliphatic carbocycles. The molecule has 1 saturated carbocycles. The first kappa shape index (κ1) is 11.5. The van der Waals surface area contributed by atoms with Crippen LogP contribution >= 0.6 is 11.3 Å². The number of carbonyl (C=O) groups is 1. The van der Waals surface area contributed by atoms with E-state index in [0.29, 0.717) is 11.0 Å². The zero-order valence-electron chi connectivity index (χ0n) is 9.69. The van der Waals surface area contributed by atoms with Crippen molar-refractivity contribution < 1.29 is 4.79 Å². The second-order valence-electron chi connectivity index (χ2n) is 4.22. The van der Waals surface area contributed by atoms with Gasteiger partial charge in [-0.3, -0.25) is 4.79 Å². The predicted molar refractivity (Wildman–Crippen MR) is 64.6 cm³/mol. The monoisotopic (exact) mass is 239 g/mol. The Hall–Kier alpha value is -0.970. The number of hydrogen-bond donors (Lipinski definition) is 1. The molecule has 1 amide bonds. The van der Waals surface area contributed by atoms with Crippen LogP contribution in [0.15, 0.2) is 0 Å². The standard InChI is InChI=1S/C11H17N3OS/c1-3-7(4-2)10-13-14-11(16-10)12-9(15)8-5-6-8/h7-8H,3-6H2,1-2H3,(H,12,14,15). The summed E-state index contributed by atoms with van der Waals surface area (Å²) in [5.74, 6) is 0.803. The zero-order chi connectivity index (χ0) is 11.5. The van der Waals surface area contributed by atoms with E-state index in [-0.39, 0.29) is 11.8 Å². The van der Waals surface area contributed by atoms with Gasteiger partial charge in [-0.25, -0.2) is 0 Å². The molecule has 16 heavy (non-hydrogen) atoms. The Morgan fingerprint density at radius 3 is 2.69 bits per heavy atom. The van der Waals surface area contributed by atoms with Gasteiger partial charge in [-0.1, -0.05) is 25.2 Å². The van der Waals surface area contributed by atoms with Gasteiger partial charge in [-0.05, 0) is 25.7 Å². The largest absolute Gasteiger partial charge is 0.300 e. The van der Waals surface area contributed by atoms with Gasteiger partial charge in [-0.15, -0.1) is 10.2 Å². The first-order valence-corrected chi connectivity index (χ1v) is 6.70. The molecule has 0 saturated heterocycles. The molecule has 1 aromatic heterocycles. The minimum Gasteiger partial charge on any atom is -0.300 e. The van der Waals surface area contributed by atoms with E-state index in [0.717, 1.165) is 30.7 Å². The third-order valence-electron chi connectivity index (χ3n) is 2.95. The molecule has 0 aromatic carbocycles. The van der Waals surface area contributed by atoms with Crippen LogP contribution in [0.25, 0.3) is 0 Å². The molecule has 1 N–H and O–H groups in total. The predicted octanol–water partition coefficient (Wildman–Crippen LogP) is 2.79. The Balaban J connectivity index is 1.98. The second kappa shape index (κ2) is 4.91. The van der Waals surface area contributed by atoms with Crippen LogP contribution in [0.1, 0.15) is 50.5 Å². The molecule has 0 radical (unpaired) electrons. The lowest BCUT2D eigenvalue weighted by Gasteiger charge is -2.05. The minimum atomic E-state index is 0.104. The number of carbonyl (C=O) groups excluding carboxylic acids is 1. The van der Waals surface area contributed by atoms with Gasteiger partial charge < -0.3 is 5.32 Å². The molecule has 0 bridgehead atoms. The lowest BCUT2D eigenvalue weighted by atomic mass is 10.1. The SMILES string of the molecule is CCC(CC)c1nnc(NC(=O)C2CC2)s1. The molecular weight excluding hydrogens is 222 g/mol. The maximum atomic E-state index is 11.5. The van der Waals surface area contributed by atoms with Gasteiger partial charge in [0.25, 0.3) is 0 Å². The lowest BCUT2D eigenvalue weighted by Crippen LogP contribution is -2.12. The number of aromatic nitrogens is 2. The van der Waals surface area contributed by atoms with Crippen molar-refractivity contribution in [1.82, 2.24) is 10.2 Å². The summed E-state index contributed by atoms with van der Waals surface area (Å²) in [6.07, 6.45) is 4.18. The summed E-state index contributed by atoms with van der Waals surface area (Å²) in [6.45, 7) is 4.30. The Morgan fingerprint density at radius 2 is 2.12 bits per heavy atom.